The van der Waals surface area contributed by atoms with Crippen molar-refractivity contribution < 1.29 is 18.6 Å². The highest BCUT2D eigenvalue weighted by atomic mass is 32.3. The van der Waals surface area contributed by atoms with Crippen molar-refractivity contribution in [1.29, 1.82) is 0 Å². The number of carbonyl (C=O) groups excluding carboxylic acids is 2. The van der Waals surface area contributed by atoms with Crippen molar-refractivity contribution in [2.75, 3.05) is 11.6 Å². The molecule has 2 aromatic heterocycles. The monoisotopic (exact) mass is 485 g/mol. The molecule has 4 rings (SSSR count). The van der Waals surface area contributed by atoms with E-state index in [0.717, 1.165) is 5.56 Å². The first-order valence-corrected chi connectivity index (χ1v) is 12.8. The summed E-state index contributed by atoms with van der Waals surface area (Å²) in [5.41, 5.74) is 2.57. The summed E-state index contributed by atoms with van der Waals surface area (Å²) >= 11 is 0. The number of nitrogens with one attached hydrogen (secondary N) is 1. The lowest BCUT2D eigenvalue weighted by Crippen LogP contribution is -2.13. The van der Waals surface area contributed by atoms with Crippen LogP contribution in [0.25, 0.3) is 0 Å². The van der Waals surface area contributed by atoms with Crippen molar-refractivity contribution in [1.82, 2.24) is 4.98 Å². The zero-order valence-corrected chi connectivity index (χ0v) is 20.0. The van der Waals surface area contributed by atoms with Crippen LogP contribution in [0.15, 0.2) is 99.1 Å². The van der Waals surface area contributed by atoms with Gasteiger partial charge in [-0.1, -0.05) is 52.3 Å². The highest BCUT2D eigenvalue weighted by molar-refractivity contribution is 7.99. The highest BCUT2D eigenvalue weighted by Gasteiger charge is 2.14. The number of hydrogen-bond donors (Lipinski definition) is 3. The summed E-state index contributed by atoms with van der Waals surface area (Å²) in [4.78, 5) is 30.0. The predicted molar refractivity (Wildman–Crippen MR) is 137 cm³/mol. The van der Waals surface area contributed by atoms with Crippen LogP contribution in [-0.2, 0) is 10.1 Å². The van der Waals surface area contributed by atoms with E-state index in [1.54, 1.807) is 67.8 Å². The van der Waals surface area contributed by atoms with Crippen molar-refractivity contribution in [3.63, 3.8) is 0 Å². The highest BCUT2D eigenvalue weighted by Crippen LogP contribution is 2.19. The number of aryl methyl sites for hydroxylation is 1. The van der Waals surface area contributed by atoms with Gasteiger partial charge in [0, 0.05) is 34.0 Å². The Hall–Kier alpha value is -4.32. The topological polar surface area (TPSA) is 105 Å². The molecule has 176 valence electrons. The van der Waals surface area contributed by atoms with Crippen molar-refractivity contribution in [2.24, 2.45) is 4.36 Å². The Morgan fingerprint density at radius 1 is 1.03 bits per heavy atom. The normalized spacial score (nSPS) is 11.2. The molecule has 0 aliphatic rings. The second-order valence-corrected chi connectivity index (χ2v) is 10.3. The zero-order chi connectivity index (χ0) is 24.8. The van der Waals surface area contributed by atoms with Crippen molar-refractivity contribution in [2.45, 2.75) is 11.8 Å². The van der Waals surface area contributed by atoms with Gasteiger partial charge in [-0.15, -0.1) is 0 Å². The quantitative estimate of drug-likeness (QED) is 0.279. The van der Waals surface area contributed by atoms with Crippen LogP contribution in [0.1, 0.15) is 37.6 Å². The number of para-hydroxylation sites is 1. The number of hydrogen-bond acceptors (Lipinski definition) is 4. The molecule has 0 saturated carbocycles. The molecule has 4 aromatic rings. The minimum Gasteiger partial charge on any atom is -0.459 e. The first-order chi connectivity index (χ1) is 16.8. The number of pyridine rings is 1. The molecule has 2 heterocycles. The van der Waals surface area contributed by atoms with Crippen LogP contribution in [0.5, 0.6) is 0 Å². The molecule has 0 saturated heterocycles. The van der Waals surface area contributed by atoms with E-state index in [1.807, 2.05) is 12.1 Å². The van der Waals surface area contributed by atoms with E-state index in [9.17, 15) is 14.1 Å². The minimum atomic E-state index is -2.98. The van der Waals surface area contributed by atoms with Gasteiger partial charge in [0.05, 0.1) is 17.5 Å². The fourth-order valence-electron chi connectivity index (χ4n) is 3.25. The summed E-state index contributed by atoms with van der Waals surface area (Å²) in [6.07, 6.45) is 5.95. The Kier molecular flexibility index (Phi) is 7.01. The lowest BCUT2D eigenvalue weighted by atomic mass is 10.1. The van der Waals surface area contributed by atoms with Gasteiger partial charge in [-0.25, -0.2) is 0 Å². The maximum atomic E-state index is 12.7. The van der Waals surface area contributed by atoms with Gasteiger partial charge in [0.2, 0.25) is 0 Å². The number of benzene rings is 2. The maximum absolute atomic E-state index is 12.7. The first-order valence-electron chi connectivity index (χ1n) is 10.7. The number of furan rings is 1. The van der Waals surface area contributed by atoms with Gasteiger partial charge in [0.1, 0.15) is 0 Å². The summed E-state index contributed by atoms with van der Waals surface area (Å²) in [5, 5.41) is 2.82. The molecule has 7 nitrogen and oxygen atoms in total. The Balaban J connectivity index is 1.57. The van der Waals surface area contributed by atoms with Crippen LogP contribution in [-0.4, -0.2) is 27.6 Å². The molecule has 0 radical (unpaired) electrons. The van der Waals surface area contributed by atoms with Crippen LogP contribution in [0.2, 0.25) is 0 Å². The van der Waals surface area contributed by atoms with Gasteiger partial charge in [-0.05, 0) is 49.6 Å². The molecule has 0 aliphatic carbocycles. The van der Waals surface area contributed by atoms with Gasteiger partial charge < -0.3 is 14.3 Å². The Labute approximate surface area is 204 Å². The van der Waals surface area contributed by atoms with E-state index >= 15 is 0 Å². The average molecular weight is 486 g/mol. The molecule has 0 bridgehead atoms. The molecular formula is C27H23N3O4S. The summed E-state index contributed by atoms with van der Waals surface area (Å²) in [6.45, 7) is 1.79. The standard InChI is InChI=1S/C27H23N3O4S/c1-19-14-15-34-25(19)27(32)29-24-11-7-6-8-21(24)13-12-20-16-22(18-28-17-20)26(31)30-35(2,33)23-9-4-3-5-10-23/h3-11,14-18,35H,1-2H3,(H,29,32)(H,30,31,33). The second-order valence-electron chi connectivity index (χ2n) is 7.80. The van der Waals surface area contributed by atoms with E-state index in [1.165, 1.54) is 18.7 Å². The Morgan fingerprint density at radius 2 is 1.77 bits per heavy atom. The maximum Gasteiger partial charge on any atom is 0.291 e. The zero-order valence-electron chi connectivity index (χ0n) is 19.1. The van der Waals surface area contributed by atoms with Crippen LogP contribution in [0, 0.1) is 18.8 Å². The number of thiol groups is 1. The first kappa shape index (κ1) is 23.8. The molecule has 0 aliphatic heterocycles. The third-order valence-electron chi connectivity index (χ3n) is 5.10. The minimum absolute atomic E-state index is 0.225. The van der Waals surface area contributed by atoms with Gasteiger partial charge in [-0.3, -0.25) is 14.6 Å². The predicted octanol–water partition coefficient (Wildman–Crippen LogP) is 5.01. The summed E-state index contributed by atoms with van der Waals surface area (Å²) in [6, 6.07) is 19.3. The van der Waals surface area contributed by atoms with Gasteiger partial charge in [0.15, 0.2) is 5.76 Å². The number of carbonyl (C=O) groups is 2. The van der Waals surface area contributed by atoms with Crippen molar-refractivity contribution in [3.05, 3.63) is 113 Å². The average Bonchev–Trinajstić information content (AvgIpc) is 3.30. The number of aromatic nitrogens is 1. The smallest absolute Gasteiger partial charge is 0.291 e. The third kappa shape index (κ3) is 5.79. The van der Waals surface area contributed by atoms with Gasteiger partial charge in [-0.2, -0.15) is 4.36 Å². The lowest BCUT2D eigenvalue weighted by molar-refractivity contribution is 0.0991. The molecule has 2 N–H and O–H groups in total. The molecule has 2 amide bonds. The fraction of sp³-hybridized carbons (Fsp3) is 0.0741. The number of anilines is 1. The van der Waals surface area contributed by atoms with Crippen molar-refractivity contribution >= 4 is 27.6 Å². The van der Waals surface area contributed by atoms with Crippen LogP contribution >= 0.6 is 0 Å². The van der Waals surface area contributed by atoms with E-state index in [-0.39, 0.29) is 17.2 Å². The van der Waals surface area contributed by atoms with Gasteiger partial charge in [0.25, 0.3) is 11.8 Å². The molecule has 8 heteroatoms. The molecule has 0 fully saturated rings. The number of rotatable bonds is 4. The number of amides is 2. The van der Waals surface area contributed by atoms with E-state index in [2.05, 4.69) is 26.5 Å². The molecule has 35 heavy (non-hydrogen) atoms. The second kappa shape index (κ2) is 10.3. The SMILES string of the molecule is Cc1ccoc1C(=O)Nc1ccccc1C#Cc1cncc(C(=O)N=[SH](C)(O)c2ccccc2)c1. The Bertz CT molecular complexity index is 1510. The van der Waals surface area contributed by atoms with E-state index in [0.29, 0.717) is 21.7 Å². The summed E-state index contributed by atoms with van der Waals surface area (Å²) in [5.74, 6) is 5.29. The van der Waals surface area contributed by atoms with E-state index < -0.39 is 16.0 Å². The number of nitrogens with zero attached hydrogens (tertiary/aromatic N) is 2. The Morgan fingerprint density at radius 3 is 2.51 bits per heavy atom. The van der Waals surface area contributed by atoms with Crippen LogP contribution in [0.3, 0.4) is 0 Å². The van der Waals surface area contributed by atoms with Crippen LogP contribution in [0.4, 0.5) is 5.69 Å². The van der Waals surface area contributed by atoms with E-state index in [4.69, 9.17) is 4.42 Å². The summed E-state index contributed by atoms with van der Waals surface area (Å²) < 4.78 is 20.1. The molecule has 0 spiro atoms. The van der Waals surface area contributed by atoms with Gasteiger partial charge >= 0.3 is 0 Å². The third-order valence-corrected chi connectivity index (χ3v) is 6.95. The summed E-state index contributed by atoms with van der Waals surface area (Å²) in [7, 11) is -2.98. The van der Waals surface area contributed by atoms with Crippen molar-refractivity contribution in [3.8, 4) is 11.8 Å². The molecule has 0 unspecified atom stereocenters. The molecule has 0 atom stereocenters. The lowest BCUT2D eigenvalue weighted by Gasteiger charge is -2.17. The molecular weight excluding hydrogens is 462 g/mol. The molecule has 2 aromatic carbocycles. The largest absolute Gasteiger partial charge is 0.459 e. The fourth-order valence-corrected chi connectivity index (χ4v) is 4.57. The van der Waals surface area contributed by atoms with Crippen LogP contribution < -0.4 is 5.32 Å².